The van der Waals surface area contributed by atoms with Crippen molar-refractivity contribution in [2.24, 2.45) is 13.0 Å². The lowest BCUT2D eigenvalue weighted by Crippen LogP contribution is -2.40. The summed E-state index contributed by atoms with van der Waals surface area (Å²) < 4.78 is 16.1. The molecule has 2 aliphatic rings. The van der Waals surface area contributed by atoms with Crippen LogP contribution < -0.4 is 0 Å². The van der Waals surface area contributed by atoms with Crippen molar-refractivity contribution in [3.05, 3.63) is 53.0 Å². The third-order valence-electron chi connectivity index (χ3n) is 5.67. The monoisotopic (exact) mass is 335 g/mol. The molecule has 25 heavy (non-hydrogen) atoms. The van der Waals surface area contributed by atoms with Gasteiger partial charge in [0.2, 0.25) is 0 Å². The number of halogens is 1. The number of rotatable bonds is 1. The first-order chi connectivity index (χ1) is 12.0. The van der Waals surface area contributed by atoms with Crippen molar-refractivity contribution >= 4 is 5.78 Å². The molecule has 0 fully saturated rings. The maximum Gasteiger partial charge on any atom is 0.173 e. The number of allylic oxidation sites excluding steroid dienone is 2. The van der Waals surface area contributed by atoms with E-state index in [4.69, 9.17) is 5.10 Å². The quantitative estimate of drug-likeness (QED) is 0.802. The predicted octanol–water partition coefficient (Wildman–Crippen LogP) is 3.47. The Morgan fingerprint density at radius 2 is 2.16 bits per heavy atom. The Labute approximate surface area is 145 Å². The lowest BCUT2D eigenvalue weighted by molar-refractivity contribution is -0.117. The summed E-state index contributed by atoms with van der Waals surface area (Å²) >= 11 is 0. The molecule has 0 saturated heterocycles. The van der Waals surface area contributed by atoms with Crippen LogP contribution in [0.4, 0.5) is 4.39 Å². The Bertz CT molecular complexity index is 966. The molecule has 0 radical (unpaired) electrons. The van der Waals surface area contributed by atoms with Crippen molar-refractivity contribution in [1.82, 2.24) is 9.78 Å². The van der Waals surface area contributed by atoms with Gasteiger partial charge in [0, 0.05) is 30.0 Å². The van der Waals surface area contributed by atoms with E-state index < -0.39 is 5.41 Å². The number of ketones is 1. The Morgan fingerprint density at radius 3 is 2.88 bits per heavy atom. The Kier molecular flexibility index (Phi) is 3.40. The molecular weight excluding hydrogens is 317 g/mol. The summed E-state index contributed by atoms with van der Waals surface area (Å²) in [6.45, 7) is 2.04. The highest BCUT2D eigenvalue weighted by Gasteiger charge is 2.46. The number of aryl methyl sites for hydroxylation is 1. The van der Waals surface area contributed by atoms with Crippen LogP contribution in [-0.4, -0.2) is 15.6 Å². The minimum absolute atomic E-state index is 0.0846. The molecule has 2 atom stereocenters. The van der Waals surface area contributed by atoms with E-state index in [2.05, 4.69) is 0 Å². The van der Waals surface area contributed by atoms with Gasteiger partial charge in [-0.15, -0.1) is 0 Å². The molecule has 0 aliphatic heterocycles. The fourth-order valence-electron chi connectivity index (χ4n) is 4.35. The van der Waals surface area contributed by atoms with Gasteiger partial charge in [0.25, 0.3) is 0 Å². The van der Waals surface area contributed by atoms with Crippen molar-refractivity contribution in [2.45, 2.75) is 31.6 Å². The number of carbonyl (C=O) groups is 1. The number of hydrogen-bond donors (Lipinski definition) is 0. The number of aromatic nitrogens is 2. The van der Waals surface area contributed by atoms with Gasteiger partial charge in [-0.2, -0.15) is 10.4 Å². The molecule has 0 saturated carbocycles. The second-order valence-electron chi connectivity index (χ2n) is 7.09. The lowest BCUT2D eigenvalue weighted by atomic mass is 9.61. The van der Waals surface area contributed by atoms with Crippen LogP contribution in [-0.2, 0) is 23.7 Å². The van der Waals surface area contributed by atoms with Crippen LogP contribution in [0.2, 0.25) is 0 Å². The van der Waals surface area contributed by atoms with Crippen LogP contribution in [0.25, 0.3) is 11.3 Å². The van der Waals surface area contributed by atoms with E-state index in [1.807, 2.05) is 26.1 Å². The molecule has 1 heterocycles. The molecule has 4 rings (SSSR count). The summed E-state index contributed by atoms with van der Waals surface area (Å²) in [5.74, 6) is -0.223. The first kappa shape index (κ1) is 15.8. The molecule has 0 bridgehead atoms. The summed E-state index contributed by atoms with van der Waals surface area (Å²) in [6.07, 6.45) is 3.74. The Hall–Kier alpha value is -2.74. The van der Waals surface area contributed by atoms with Gasteiger partial charge >= 0.3 is 0 Å². The Morgan fingerprint density at radius 1 is 1.40 bits per heavy atom. The van der Waals surface area contributed by atoms with Gasteiger partial charge in [-0.25, -0.2) is 4.39 Å². The minimum atomic E-state index is -0.464. The summed E-state index contributed by atoms with van der Waals surface area (Å²) in [6, 6.07) is 8.73. The molecule has 2 aliphatic carbocycles. The fourth-order valence-corrected chi connectivity index (χ4v) is 4.35. The summed E-state index contributed by atoms with van der Waals surface area (Å²) in [7, 11) is 1.82. The van der Waals surface area contributed by atoms with Gasteiger partial charge in [-0.3, -0.25) is 9.48 Å². The van der Waals surface area contributed by atoms with Crippen LogP contribution in [0, 0.1) is 23.1 Å². The molecule has 126 valence electrons. The second kappa shape index (κ2) is 5.38. The highest BCUT2D eigenvalue weighted by Crippen LogP contribution is 2.49. The first-order valence-corrected chi connectivity index (χ1v) is 8.43. The topological polar surface area (TPSA) is 58.7 Å². The van der Waals surface area contributed by atoms with Crippen molar-refractivity contribution < 1.29 is 9.18 Å². The van der Waals surface area contributed by atoms with Gasteiger partial charge in [-0.05, 0) is 30.9 Å². The van der Waals surface area contributed by atoms with Crippen LogP contribution in [0.5, 0.6) is 0 Å². The average molecular weight is 335 g/mol. The van der Waals surface area contributed by atoms with Gasteiger partial charge in [0.15, 0.2) is 5.78 Å². The summed E-state index contributed by atoms with van der Waals surface area (Å²) in [4.78, 5) is 12.1. The van der Waals surface area contributed by atoms with E-state index in [1.165, 1.54) is 6.07 Å². The molecule has 0 spiro atoms. The van der Waals surface area contributed by atoms with Crippen LogP contribution in [0.1, 0.15) is 31.0 Å². The van der Waals surface area contributed by atoms with Gasteiger partial charge in [0.05, 0.1) is 17.0 Å². The van der Waals surface area contributed by atoms with Crippen molar-refractivity contribution in [3.8, 4) is 17.3 Å². The molecular formula is C20H18FN3O. The smallest absolute Gasteiger partial charge is 0.173 e. The lowest BCUT2D eigenvalue weighted by Gasteiger charge is -2.40. The minimum Gasteiger partial charge on any atom is -0.293 e. The molecule has 4 nitrogen and oxygen atoms in total. The number of fused-ring (bicyclic) bond motifs is 3. The van der Waals surface area contributed by atoms with Crippen molar-refractivity contribution in [1.29, 1.82) is 5.26 Å². The zero-order chi connectivity index (χ0) is 17.8. The fraction of sp³-hybridized carbons (Fsp3) is 0.350. The highest BCUT2D eigenvalue weighted by molar-refractivity contribution is 6.00. The average Bonchev–Trinajstić information content (AvgIpc) is 2.93. The maximum absolute atomic E-state index is 14.4. The van der Waals surface area contributed by atoms with Crippen LogP contribution in [0.3, 0.4) is 0 Å². The zero-order valence-corrected chi connectivity index (χ0v) is 14.2. The van der Waals surface area contributed by atoms with Gasteiger partial charge in [-0.1, -0.05) is 25.1 Å². The van der Waals surface area contributed by atoms with E-state index in [9.17, 15) is 14.4 Å². The van der Waals surface area contributed by atoms with Crippen LogP contribution >= 0.6 is 0 Å². The van der Waals surface area contributed by atoms with E-state index in [0.29, 0.717) is 12.0 Å². The summed E-state index contributed by atoms with van der Waals surface area (Å²) in [5, 5.41) is 14.0. The standard InChI is InChI=1S/C20H18FN3O/c1-20-10-12(11-22)17(25)9-13(20)7-8-15-18(24(2)23-19(15)20)14-5-3-4-6-16(14)21/h3-6,10,13H,7-9H2,1-2H3. The second-order valence-corrected chi connectivity index (χ2v) is 7.09. The molecule has 2 aromatic rings. The van der Waals surface area contributed by atoms with E-state index in [1.54, 1.807) is 22.9 Å². The maximum atomic E-state index is 14.4. The molecule has 0 amide bonds. The number of carbonyl (C=O) groups excluding carboxylic acids is 1. The van der Waals surface area contributed by atoms with E-state index in [0.717, 1.165) is 29.8 Å². The number of Topliss-reactive ketones (excluding diaryl/α,β-unsaturated/α-hetero) is 1. The predicted molar refractivity (Wildman–Crippen MR) is 91.1 cm³/mol. The summed E-state index contributed by atoms with van der Waals surface area (Å²) in [5.41, 5.74) is 2.96. The third-order valence-corrected chi connectivity index (χ3v) is 5.67. The van der Waals surface area contributed by atoms with Crippen LogP contribution in [0.15, 0.2) is 35.9 Å². The molecule has 5 heteroatoms. The number of nitriles is 1. The molecule has 0 N–H and O–H groups in total. The highest BCUT2D eigenvalue weighted by atomic mass is 19.1. The first-order valence-electron chi connectivity index (χ1n) is 8.43. The van der Waals surface area contributed by atoms with Gasteiger partial charge in [0.1, 0.15) is 11.9 Å². The van der Waals surface area contributed by atoms with E-state index >= 15 is 0 Å². The SMILES string of the molecule is Cn1nc2c(c1-c1ccccc1F)CCC1CC(=O)C(C#N)=CC21C. The number of hydrogen-bond acceptors (Lipinski definition) is 3. The molecule has 2 unspecified atom stereocenters. The number of nitrogens with zero attached hydrogens (tertiary/aromatic N) is 3. The van der Waals surface area contributed by atoms with E-state index in [-0.39, 0.29) is 23.1 Å². The molecule has 1 aromatic carbocycles. The molecule has 1 aromatic heterocycles. The largest absolute Gasteiger partial charge is 0.293 e. The van der Waals surface area contributed by atoms with Gasteiger partial charge < -0.3 is 0 Å². The Balaban J connectivity index is 1.94. The van der Waals surface area contributed by atoms with Crippen molar-refractivity contribution in [2.75, 3.05) is 0 Å². The normalized spacial score (nSPS) is 25.0. The zero-order valence-electron chi connectivity index (χ0n) is 14.2. The number of benzene rings is 1. The van der Waals surface area contributed by atoms with Crippen molar-refractivity contribution in [3.63, 3.8) is 0 Å². The third kappa shape index (κ3) is 2.17.